The van der Waals surface area contributed by atoms with Crippen molar-refractivity contribution in [1.82, 2.24) is 19.5 Å². The molecule has 5 rings (SSSR count). The van der Waals surface area contributed by atoms with Crippen LogP contribution in [-0.4, -0.2) is 76.3 Å². The quantitative estimate of drug-likeness (QED) is 0.242. The standard InChI is InChI=1S/C20H29ClN5O7P/c21-20-24-17(23-11-3-1-2-4-11)14-18(25-20)26(9-22-14)19-16(28)15(27)12(33-19)8-32-13(34(29,30)31)7-10-5-6-10/h9-13,15-16,19,27-28H,1-8H2,(H,23,24,25)(H2,29,30,31)/t12-,13?,15-,16-,19-/m1/s1. The van der Waals surface area contributed by atoms with E-state index in [4.69, 9.17) is 21.1 Å². The summed E-state index contributed by atoms with van der Waals surface area (Å²) in [6.07, 6.45) is 3.12. The Morgan fingerprint density at radius 3 is 2.62 bits per heavy atom. The molecule has 2 aliphatic carbocycles. The molecule has 12 nitrogen and oxygen atoms in total. The van der Waals surface area contributed by atoms with Gasteiger partial charge in [0, 0.05) is 6.04 Å². The summed E-state index contributed by atoms with van der Waals surface area (Å²) < 4.78 is 24.6. The van der Waals surface area contributed by atoms with Gasteiger partial charge in [-0.15, -0.1) is 0 Å². The summed E-state index contributed by atoms with van der Waals surface area (Å²) in [7, 11) is -4.48. The minimum Gasteiger partial charge on any atom is -0.387 e. The van der Waals surface area contributed by atoms with Gasteiger partial charge >= 0.3 is 7.60 Å². The van der Waals surface area contributed by atoms with Crippen LogP contribution >= 0.6 is 19.2 Å². The number of fused-ring (bicyclic) bond motifs is 1. The average Bonchev–Trinajstić information content (AvgIpc) is 3.13. The van der Waals surface area contributed by atoms with Gasteiger partial charge < -0.3 is 34.8 Å². The van der Waals surface area contributed by atoms with E-state index in [-0.39, 0.29) is 30.3 Å². The fourth-order valence-electron chi connectivity index (χ4n) is 4.68. The van der Waals surface area contributed by atoms with Crippen LogP contribution in [0, 0.1) is 5.92 Å². The first-order valence-electron chi connectivity index (χ1n) is 11.6. The zero-order valence-electron chi connectivity index (χ0n) is 18.4. The molecule has 0 spiro atoms. The minimum atomic E-state index is -4.48. The molecule has 2 aromatic rings. The topological polar surface area (TPSA) is 172 Å². The Labute approximate surface area is 200 Å². The van der Waals surface area contributed by atoms with E-state index < -0.39 is 38.0 Å². The van der Waals surface area contributed by atoms with Gasteiger partial charge in [0.15, 0.2) is 29.1 Å². The van der Waals surface area contributed by atoms with Gasteiger partial charge in [0.25, 0.3) is 0 Å². The SMILES string of the molecule is O=P(O)(O)C(CC1CC1)OC[C@H]1O[C@@H](n2cnc3c(NC4CCCC4)nc(Cl)nc32)[C@H](O)[C@@H]1O. The van der Waals surface area contributed by atoms with Crippen LogP contribution < -0.4 is 5.32 Å². The zero-order valence-corrected chi connectivity index (χ0v) is 20.1. The van der Waals surface area contributed by atoms with Gasteiger partial charge in [-0.05, 0) is 36.8 Å². The number of nitrogens with zero attached hydrogens (tertiary/aromatic N) is 4. The molecular formula is C20H29ClN5O7P. The predicted molar refractivity (Wildman–Crippen MR) is 121 cm³/mol. The van der Waals surface area contributed by atoms with Crippen molar-refractivity contribution in [3.63, 3.8) is 0 Å². The predicted octanol–water partition coefficient (Wildman–Crippen LogP) is 1.77. The molecule has 1 aliphatic heterocycles. The fourth-order valence-corrected chi connectivity index (χ4v) is 5.70. The molecule has 5 N–H and O–H groups in total. The van der Waals surface area contributed by atoms with E-state index in [0.29, 0.717) is 17.0 Å². The van der Waals surface area contributed by atoms with Gasteiger partial charge in [-0.1, -0.05) is 25.7 Å². The van der Waals surface area contributed by atoms with E-state index in [1.807, 2.05) is 0 Å². The van der Waals surface area contributed by atoms with Crippen LogP contribution in [0.1, 0.15) is 51.2 Å². The lowest BCUT2D eigenvalue weighted by molar-refractivity contribution is -0.0736. The Hall–Kier alpha value is -1.37. The van der Waals surface area contributed by atoms with Crippen LogP contribution in [0.4, 0.5) is 5.82 Å². The number of rotatable bonds is 9. The maximum absolute atomic E-state index is 11.8. The first kappa shape index (κ1) is 24.3. The van der Waals surface area contributed by atoms with Crippen molar-refractivity contribution >= 4 is 36.2 Å². The molecule has 1 saturated heterocycles. The lowest BCUT2D eigenvalue weighted by atomic mass is 10.1. The molecule has 0 aromatic carbocycles. The number of aliphatic hydroxyl groups excluding tert-OH is 2. The summed E-state index contributed by atoms with van der Waals surface area (Å²) in [5.74, 6) is -0.533. The Morgan fingerprint density at radius 2 is 1.94 bits per heavy atom. The molecule has 3 heterocycles. The number of aliphatic hydroxyl groups is 2. The van der Waals surface area contributed by atoms with Gasteiger partial charge in [0.05, 0.1) is 12.9 Å². The normalized spacial score (nSPS) is 29.2. The van der Waals surface area contributed by atoms with E-state index >= 15 is 0 Å². The molecule has 3 fully saturated rings. The summed E-state index contributed by atoms with van der Waals surface area (Å²) in [6.45, 7) is -0.284. The van der Waals surface area contributed by atoms with Gasteiger partial charge in [-0.3, -0.25) is 9.13 Å². The van der Waals surface area contributed by atoms with Crippen LogP contribution in [0.5, 0.6) is 0 Å². The van der Waals surface area contributed by atoms with Crippen LogP contribution in [0.3, 0.4) is 0 Å². The summed E-state index contributed by atoms with van der Waals surface area (Å²) in [6, 6.07) is 0.272. The fraction of sp³-hybridized carbons (Fsp3) is 0.750. The van der Waals surface area contributed by atoms with Crippen molar-refractivity contribution in [3.05, 3.63) is 11.6 Å². The van der Waals surface area contributed by atoms with Crippen LogP contribution in [0.15, 0.2) is 6.33 Å². The lowest BCUT2D eigenvalue weighted by Gasteiger charge is -2.22. The van der Waals surface area contributed by atoms with Gasteiger partial charge in [0.2, 0.25) is 5.28 Å². The molecule has 3 aliphatic rings. The van der Waals surface area contributed by atoms with Crippen molar-refractivity contribution in [2.75, 3.05) is 11.9 Å². The molecule has 1 unspecified atom stereocenters. The number of ether oxygens (including phenoxy) is 2. The molecule has 188 valence electrons. The van der Waals surface area contributed by atoms with Crippen molar-refractivity contribution in [3.8, 4) is 0 Å². The Kier molecular flexibility index (Phi) is 6.86. The summed E-state index contributed by atoms with van der Waals surface area (Å²) in [4.78, 5) is 32.1. The monoisotopic (exact) mass is 517 g/mol. The highest BCUT2D eigenvalue weighted by Gasteiger charge is 2.46. The lowest BCUT2D eigenvalue weighted by Crippen LogP contribution is -2.35. The Balaban J connectivity index is 1.33. The third-order valence-electron chi connectivity index (χ3n) is 6.76. The van der Waals surface area contributed by atoms with Crippen LogP contribution in [0.2, 0.25) is 5.28 Å². The first-order chi connectivity index (χ1) is 16.2. The van der Waals surface area contributed by atoms with E-state index in [2.05, 4.69) is 20.3 Å². The number of anilines is 1. The second kappa shape index (κ2) is 9.59. The largest absolute Gasteiger partial charge is 0.387 e. The van der Waals surface area contributed by atoms with Gasteiger partial charge in [-0.2, -0.15) is 9.97 Å². The summed E-state index contributed by atoms with van der Waals surface area (Å²) in [5, 5.41) is 24.6. The molecule has 2 aromatic heterocycles. The molecule has 0 amide bonds. The summed E-state index contributed by atoms with van der Waals surface area (Å²) in [5.41, 5.74) is 0.799. The van der Waals surface area contributed by atoms with E-state index in [9.17, 15) is 24.6 Å². The number of halogens is 1. The Bertz CT molecular complexity index is 1070. The minimum absolute atomic E-state index is 0.00669. The van der Waals surface area contributed by atoms with Gasteiger partial charge in [-0.25, -0.2) is 4.98 Å². The van der Waals surface area contributed by atoms with Crippen molar-refractivity contribution in [1.29, 1.82) is 0 Å². The van der Waals surface area contributed by atoms with Crippen molar-refractivity contribution < 1.29 is 34.0 Å². The van der Waals surface area contributed by atoms with Crippen molar-refractivity contribution in [2.24, 2.45) is 5.92 Å². The zero-order chi connectivity index (χ0) is 24.0. The second-order valence-electron chi connectivity index (χ2n) is 9.39. The highest BCUT2D eigenvalue weighted by Crippen LogP contribution is 2.49. The summed E-state index contributed by atoms with van der Waals surface area (Å²) >= 11 is 6.16. The van der Waals surface area contributed by atoms with E-state index in [0.717, 1.165) is 38.5 Å². The number of nitrogens with one attached hydrogen (secondary N) is 1. The second-order valence-corrected chi connectivity index (χ2v) is 11.5. The highest BCUT2D eigenvalue weighted by atomic mass is 35.5. The van der Waals surface area contributed by atoms with Crippen LogP contribution in [-0.2, 0) is 14.0 Å². The van der Waals surface area contributed by atoms with E-state index in [1.165, 1.54) is 10.9 Å². The van der Waals surface area contributed by atoms with E-state index in [1.54, 1.807) is 0 Å². The number of aromatic nitrogens is 4. The molecule has 0 radical (unpaired) electrons. The number of hydrogen-bond donors (Lipinski definition) is 5. The first-order valence-corrected chi connectivity index (χ1v) is 13.6. The van der Waals surface area contributed by atoms with Gasteiger partial charge in [0.1, 0.15) is 18.3 Å². The third kappa shape index (κ3) is 5.10. The molecule has 34 heavy (non-hydrogen) atoms. The Morgan fingerprint density at radius 1 is 1.21 bits per heavy atom. The molecule has 5 atom stereocenters. The smallest absolute Gasteiger partial charge is 0.354 e. The third-order valence-corrected chi connectivity index (χ3v) is 8.04. The average molecular weight is 518 g/mol. The molecule has 14 heteroatoms. The maximum Gasteiger partial charge on any atom is 0.354 e. The number of imidazole rings is 1. The number of hydrogen-bond acceptors (Lipinski definition) is 9. The molecule has 2 saturated carbocycles. The van der Waals surface area contributed by atoms with Crippen LogP contribution in [0.25, 0.3) is 11.2 Å². The van der Waals surface area contributed by atoms with Crippen molar-refractivity contribution in [2.45, 2.75) is 81.4 Å². The molecule has 0 bridgehead atoms. The molecular weight excluding hydrogens is 489 g/mol. The highest BCUT2D eigenvalue weighted by molar-refractivity contribution is 7.52. The maximum atomic E-state index is 11.8.